The summed E-state index contributed by atoms with van der Waals surface area (Å²) in [6.45, 7) is 5.39. The molecule has 1 aliphatic heterocycles. The molecule has 0 saturated carbocycles. The zero-order valence-corrected chi connectivity index (χ0v) is 10.4. The van der Waals surface area contributed by atoms with Gasteiger partial charge in [-0.1, -0.05) is 13.3 Å². The number of amides is 1. The molecule has 1 saturated heterocycles. The van der Waals surface area contributed by atoms with E-state index in [2.05, 4.69) is 5.32 Å². The van der Waals surface area contributed by atoms with Crippen LogP contribution >= 0.6 is 0 Å². The third kappa shape index (κ3) is 4.10. The van der Waals surface area contributed by atoms with Crippen LogP contribution in [0.1, 0.15) is 46.0 Å². The lowest BCUT2D eigenvalue weighted by Crippen LogP contribution is -2.54. The number of hydrogen-bond acceptors (Lipinski definition) is 3. The Morgan fingerprint density at radius 1 is 1.50 bits per heavy atom. The average molecular weight is 228 g/mol. The SMILES string of the molecule is CCCC(C)(N)C(=O)NC1CCCOCC1. The van der Waals surface area contributed by atoms with Crippen molar-refractivity contribution in [1.29, 1.82) is 0 Å². The highest BCUT2D eigenvalue weighted by Crippen LogP contribution is 2.12. The quantitative estimate of drug-likeness (QED) is 0.759. The number of nitrogens with two attached hydrogens (primary N) is 1. The van der Waals surface area contributed by atoms with Crippen molar-refractivity contribution in [2.24, 2.45) is 5.73 Å². The van der Waals surface area contributed by atoms with E-state index in [-0.39, 0.29) is 11.9 Å². The molecule has 3 N–H and O–H groups in total. The van der Waals surface area contributed by atoms with Crippen molar-refractivity contribution in [3.05, 3.63) is 0 Å². The van der Waals surface area contributed by atoms with Crippen LogP contribution in [0.15, 0.2) is 0 Å². The summed E-state index contributed by atoms with van der Waals surface area (Å²) in [6, 6.07) is 0.231. The molecule has 4 nitrogen and oxygen atoms in total. The Hall–Kier alpha value is -0.610. The topological polar surface area (TPSA) is 64.4 Å². The van der Waals surface area contributed by atoms with Crippen molar-refractivity contribution < 1.29 is 9.53 Å². The van der Waals surface area contributed by atoms with Crippen molar-refractivity contribution >= 4 is 5.91 Å². The fourth-order valence-electron chi connectivity index (χ4n) is 2.03. The van der Waals surface area contributed by atoms with Gasteiger partial charge in [0, 0.05) is 19.3 Å². The van der Waals surface area contributed by atoms with E-state index in [1.807, 2.05) is 6.92 Å². The molecule has 0 aromatic heterocycles. The zero-order chi connectivity index (χ0) is 12.0. The summed E-state index contributed by atoms with van der Waals surface area (Å²) in [5.74, 6) is -0.0266. The monoisotopic (exact) mass is 228 g/mol. The van der Waals surface area contributed by atoms with Crippen LogP contribution in [0, 0.1) is 0 Å². The second kappa shape index (κ2) is 6.21. The van der Waals surface area contributed by atoms with E-state index in [1.54, 1.807) is 6.92 Å². The molecule has 16 heavy (non-hydrogen) atoms. The van der Waals surface area contributed by atoms with Gasteiger partial charge in [0.1, 0.15) is 0 Å². The molecule has 1 aliphatic rings. The normalized spacial score (nSPS) is 25.6. The number of carbonyl (C=O) groups excluding carboxylic acids is 1. The van der Waals surface area contributed by atoms with Crippen molar-refractivity contribution in [1.82, 2.24) is 5.32 Å². The molecule has 0 bridgehead atoms. The van der Waals surface area contributed by atoms with Gasteiger partial charge in [-0.05, 0) is 32.6 Å². The van der Waals surface area contributed by atoms with E-state index in [9.17, 15) is 4.79 Å². The van der Waals surface area contributed by atoms with Crippen molar-refractivity contribution in [2.45, 2.75) is 57.5 Å². The molecule has 0 aliphatic carbocycles. The van der Waals surface area contributed by atoms with E-state index >= 15 is 0 Å². The van der Waals surface area contributed by atoms with Gasteiger partial charge in [-0.3, -0.25) is 4.79 Å². The molecular formula is C12H24N2O2. The Balaban J connectivity index is 2.42. The van der Waals surface area contributed by atoms with Gasteiger partial charge < -0.3 is 15.8 Å². The minimum atomic E-state index is -0.734. The summed E-state index contributed by atoms with van der Waals surface area (Å²) in [6.07, 6.45) is 4.55. The molecule has 1 fully saturated rings. The van der Waals surface area contributed by atoms with Crippen molar-refractivity contribution in [2.75, 3.05) is 13.2 Å². The summed E-state index contributed by atoms with van der Waals surface area (Å²) >= 11 is 0. The summed E-state index contributed by atoms with van der Waals surface area (Å²) in [5.41, 5.74) is 5.25. The van der Waals surface area contributed by atoms with Gasteiger partial charge in [0.05, 0.1) is 5.54 Å². The molecule has 4 heteroatoms. The molecule has 2 unspecified atom stereocenters. The van der Waals surface area contributed by atoms with Crippen LogP contribution in [-0.2, 0) is 9.53 Å². The summed E-state index contributed by atoms with van der Waals surface area (Å²) in [7, 11) is 0. The maximum absolute atomic E-state index is 12.0. The first-order chi connectivity index (χ1) is 7.56. The standard InChI is InChI=1S/C12H24N2O2/c1-3-7-12(2,13)11(15)14-10-5-4-8-16-9-6-10/h10H,3-9,13H2,1-2H3,(H,14,15). The molecule has 2 atom stereocenters. The van der Waals surface area contributed by atoms with Crippen LogP contribution in [0.3, 0.4) is 0 Å². The number of rotatable bonds is 4. The average Bonchev–Trinajstić information content (AvgIpc) is 2.46. The van der Waals surface area contributed by atoms with Gasteiger partial charge in [-0.25, -0.2) is 0 Å². The van der Waals surface area contributed by atoms with Gasteiger partial charge in [0.25, 0.3) is 0 Å². The third-order valence-corrected chi connectivity index (χ3v) is 3.08. The molecule has 0 aromatic carbocycles. The van der Waals surface area contributed by atoms with Crippen LogP contribution in [0.5, 0.6) is 0 Å². The summed E-state index contributed by atoms with van der Waals surface area (Å²) < 4.78 is 5.36. The molecular weight excluding hydrogens is 204 g/mol. The van der Waals surface area contributed by atoms with Gasteiger partial charge in [-0.2, -0.15) is 0 Å². The molecule has 1 amide bonds. The Kier molecular flexibility index (Phi) is 5.22. The molecule has 0 radical (unpaired) electrons. The Labute approximate surface area is 97.9 Å². The van der Waals surface area contributed by atoms with E-state index in [4.69, 9.17) is 10.5 Å². The first-order valence-electron chi connectivity index (χ1n) is 6.24. The number of nitrogens with one attached hydrogen (secondary N) is 1. The van der Waals surface area contributed by atoms with Gasteiger partial charge in [-0.15, -0.1) is 0 Å². The predicted octanol–water partition coefficient (Wildman–Crippen LogP) is 1.19. The Bertz CT molecular complexity index is 221. The molecule has 0 spiro atoms. The fraction of sp³-hybridized carbons (Fsp3) is 0.917. The lowest BCUT2D eigenvalue weighted by atomic mass is 9.95. The highest BCUT2D eigenvalue weighted by Gasteiger charge is 2.29. The molecule has 1 rings (SSSR count). The van der Waals surface area contributed by atoms with Gasteiger partial charge in [0.15, 0.2) is 0 Å². The highest BCUT2D eigenvalue weighted by atomic mass is 16.5. The van der Waals surface area contributed by atoms with Gasteiger partial charge >= 0.3 is 0 Å². The third-order valence-electron chi connectivity index (χ3n) is 3.08. The fourth-order valence-corrected chi connectivity index (χ4v) is 2.03. The summed E-state index contributed by atoms with van der Waals surface area (Å²) in [5, 5.41) is 3.04. The Morgan fingerprint density at radius 3 is 2.94 bits per heavy atom. The zero-order valence-electron chi connectivity index (χ0n) is 10.4. The van der Waals surface area contributed by atoms with E-state index in [0.717, 1.165) is 45.3 Å². The minimum absolute atomic E-state index is 0.0266. The lowest BCUT2D eigenvalue weighted by Gasteiger charge is -2.26. The van der Waals surface area contributed by atoms with Crippen LogP contribution in [0.2, 0.25) is 0 Å². The maximum Gasteiger partial charge on any atom is 0.240 e. The maximum atomic E-state index is 12.0. The highest BCUT2D eigenvalue weighted by molar-refractivity contribution is 5.85. The van der Waals surface area contributed by atoms with Crippen LogP contribution in [0.4, 0.5) is 0 Å². The second-order valence-corrected chi connectivity index (χ2v) is 4.88. The van der Waals surface area contributed by atoms with E-state index in [0.29, 0.717) is 0 Å². The van der Waals surface area contributed by atoms with Crippen LogP contribution in [-0.4, -0.2) is 30.7 Å². The first kappa shape index (κ1) is 13.5. The van der Waals surface area contributed by atoms with E-state index in [1.165, 1.54) is 0 Å². The smallest absolute Gasteiger partial charge is 0.240 e. The Morgan fingerprint density at radius 2 is 2.25 bits per heavy atom. The van der Waals surface area contributed by atoms with Crippen LogP contribution < -0.4 is 11.1 Å². The predicted molar refractivity (Wildman–Crippen MR) is 64.1 cm³/mol. The number of ether oxygens (including phenoxy) is 1. The lowest BCUT2D eigenvalue weighted by molar-refractivity contribution is -0.126. The minimum Gasteiger partial charge on any atom is -0.381 e. The molecule has 1 heterocycles. The second-order valence-electron chi connectivity index (χ2n) is 4.88. The number of hydrogen-bond donors (Lipinski definition) is 2. The first-order valence-corrected chi connectivity index (χ1v) is 6.24. The largest absolute Gasteiger partial charge is 0.381 e. The van der Waals surface area contributed by atoms with Crippen LogP contribution in [0.25, 0.3) is 0 Å². The van der Waals surface area contributed by atoms with Crippen molar-refractivity contribution in [3.63, 3.8) is 0 Å². The van der Waals surface area contributed by atoms with Crippen molar-refractivity contribution in [3.8, 4) is 0 Å². The van der Waals surface area contributed by atoms with E-state index < -0.39 is 5.54 Å². The van der Waals surface area contributed by atoms with Gasteiger partial charge in [0.2, 0.25) is 5.91 Å². The number of carbonyl (C=O) groups is 1. The molecule has 94 valence electrons. The summed E-state index contributed by atoms with van der Waals surface area (Å²) in [4.78, 5) is 12.0. The molecule has 0 aromatic rings.